The molecule has 2 N–H and O–H groups in total. The summed E-state index contributed by atoms with van der Waals surface area (Å²) in [5.41, 5.74) is 8.19. The lowest BCUT2D eigenvalue weighted by Crippen LogP contribution is -2.11. The monoisotopic (exact) mass is 274 g/mol. The minimum atomic E-state index is -0.568. The number of nitrogens with zero attached hydrogens (tertiary/aromatic N) is 1. The Kier molecular flexibility index (Phi) is 4.20. The average Bonchev–Trinajstić information content (AvgIpc) is 2.88. The van der Waals surface area contributed by atoms with E-state index in [9.17, 15) is 10.1 Å². The predicted molar refractivity (Wildman–Crippen MR) is 76.4 cm³/mol. The van der Waals surface area contributed by atoms with E-state index in [0.717, 1.165) is 12.0 Å². The van der Waals surface area contributed by atoms with E-state index in [1.807, 2.05) is 24.3 Å². The van der Waals surface area contributed by atoms with E-state index in [1.165, 1.54) is 11.6 Å². The molecule has 0 aliphatic rings. The Morgan fingerprint density at radius 2 is 1.85 bits per heavy atom. The maximum Gasteiger partial charge on any atom is 0.433 e. The summed E-state index contributed by atoms with van der Waals surface area (Å²) in [5.74, 6) is 0.711. The van der Waals surface area contributed by atoms with Crippen LogP contribution >= 0.6 is 0 Å². The lowest BCUT2D eigenvalue weighted by atomic mass is 9.99. The molecule has 20 heavy (non-hydrogen) atoms. The summed E-state index contributed by atoms with van der Waals surface area (Å²) in [7, 11) is 0. The van der Waals surface area contributed by atoms with Gasteiger partial charge in [-0.05, 0) is 29.5 Å². The first-order valence-corrected chi connectivity index (χ1v) is 6.56. The van der Waals surface area contributed by atoms with Gasteiger partial charge in [-0.15, -0.1) is 0 Å². The van der Waals surface area contributed by atoms with Gasteiger partial charge >= 0.3 is 5.88 Å². The summed E-state index contributed by atoms with van der Waals surface area (Å²) in [6.07, 6.45) is 1.02. The van der Waals surface area contributed by atoms with Crippen LogP contribution in [0.2, 0.25) is 0 Å². The lowest BCUT2D eigenvalue weighted by Gasteiger charge is -2.10. The van der Waals surface area contributed by atoms with E-state index < -0.39 is 11.0 Å². The molecule has 0 amide bonds. The highest BCUT2D eigenvalue weighted by atomic mass is 16.6. The molecular formula is C15H18N2O3. The van der Waals surface area contributed by atoms with Gasteiger partial charge < -0.3 is 10.2 Å². The third kappa shape index (κ3) is 3.24. The zero-order valence-corrected chi connectivity index (χ0v) is 11.6. The second-order valence-corrected chi connectivity index (χ2v) is 5.25. The SMILES string of the molecule is CC(C)Cc1ccc(C(N)c2ccc([N+](=O)[O-])o2)cc1. The van der Waals surface area contributed by atoms with Gasteiger partial charge in [0.15, 0.2) is 0 Å². The fourth-order valence-corrected chi connectivity index (χ4v) is 2.10. The van der Waals surface area contributed by atoms with Gasteiger partial charge in [-0.1, -0.05) is 38.1 Å². The molecule has 2 rings (SSSR count). The molecule has 1 heterocycles. The van der Waals surface area contributed by atoms with Crippen LogP contribution in [0.25, 0.3) is 0 Å². The third-order valence-corrected chi connectivity index (χ3v) is 3.08. The van der Waals surface area contributed by atoms with Crippen LogP contribution in [0.4, 0.5) is 5.88 Å². The van der Waals surface area contributed by atoms with E-state index in [1.54, 1.807) is 6.07 Å². The highest BCUT2D eigenvalue weighted by molar-refractivity contribution is 5.31. The number of benzene rings is 1. The first-order chi connectivity index (χ1) is 9.47. The van der Waals surface area contributed by atoms with Gasteiger partial charge in [-0.3, -0.25) is 10.1 Å². The molecule has 0 radical (unpaired) electrons. The minimum absolute atomic E-state index is 0.285. The Labute approximate surface area is 117 Å². The summed E-state index contributed by atoms with van der Waals surface area (Å²) in [5, 5.41) is 10.6. The van der Waals surface area contributed by atoms with Crippen molar-refractivity contribution in [2.75, 3.05) is 0 Å². The second-order valence-electron chi connectivity index (χ2n) is 5.25. The van der Waals surface area contributed by atoms with Gasteiger partial charge in [0.25, 0.3) is 0 Å². The van der Waals surface area contributed by atoms with Crippen LogP contribution in [0.15, 0.2) is 40.8 Å². The molecule has 0 saturated heterocycles. The Hall–Kier alpha value is -2.14. The molecule has 0 aliphatic carbocycles. The van der Waals surface area contributed by atoms with Crippen molar-refractivity contribution in [3.8, 4) is 0 Å². The number of nitrogens with two attached hydrogens (primary N) is 1. The molecule has 1 aromatic carbocycles. The maximum absolute atomic E-state index is 10.6. The van der Waals surface area contributed by atoms with Crippen LogP contribution in [-0.2, 0) is 6.42 Å². The zero-order chi connectivity index (χ0) is 14.7. The van der Waals surface area contributed by atoms with Crippen molar-refractivity contribution in [3.05, 3.63) is 63.4 Å². The maximum atomic E-state index is 10.6. The Morgan fingerprint density at radius 3 is 2.35 bits per heavy atom. The summed E-state index contributed by atoms with van der Waals surface area (Å²) in [6, 6.07) is 10.3. The molecule has 0 bridgehead atoms. The summed E-state index contributed by atoms with van der Waals surface area (Å²) in [4.78, 5) is 10.0. The average molecular weight is 274 g/mol. The zero-order valence-electron chi connectivity index (χ0n) is 11.6. The topological polar surface area (TPSA) is 82.3 Å². The molecule has 1 unspecified atom stereocenters. The third-order valence-electron chi connectivity index (χ3n) is 3.08. The van der Waals surface area contributed by atoms with E-state index in [2.05, 4.69) is 13.8 Å². The molecule has 0 saturated carbocycles. The first kappa shape index (κ1) is 14.3. The van der Waals surface area contributed by atoms with Crippen molar-refractivity contribution in [1.29, 1.82) is 0 Å². The second kappa shape index (κ2) is 5.88. The summed E-state index contributed by atoms with van der Waals surface area (Å²) < 4.78 is 5.13. The largest absolute Gasteiger partial charge is 0.433 e. The van der Waals surface area contributed by atoms with Crippen molar-refractivity contribution in [1.82, 2.24) is 0 Å². The Bertz CT molecular complexity index is 587. The number of furan rings is 1. The fraction of sp³-hybridized carbons (Fsp3) is 0.333. The number of rotatable bonds is 5. The van der Waals surface area contributed by atoms with Gasteiger partial charge in [0.1, 0.15) is 10.7 Å². The van der Waals surface area contributed by atoms with E-state index >= 15 is 0 Å². The summed E-state index contributed by atoms with van der Waals surface area (Å²) >= 11 is 0. The molecule has 0 spiro atoms. The predicted octanol–water partition coefficient (Wildman–Crippen LogP) is 3.43. The van der Waals surface area contributed by atoms with Crippen LogP contribution < -0.4 is 5.73 Å². The van der Waals surface area contributed by atoms with Gasteiger partial charge in [-0.25, -0.2) is 0 Å². The Balaban J connectivity index is 2.15. The van der Waals surface area contributed by atoms with Gasteiger partial charge in [-0.2, -0.15) is 0 Å². The van der Waals surface area contributed by atoms with E-state index in [4.69, 9.17) is 10.2 Å². The molecular weight excluding hydrogens is 256 g/mol. The summed E-state index contributed by atoms with van der Waals surface area (Å²) in [6.45, 7) is 4.34. The van der Waals surface area contributed by atoms with Crippen molar-refractivity contribution < 1.29 is 9.34 Å². The molecule has 1 aromatic heterocycles. The molecule has 2 aromatic rings. The van der Waals surface area contributed by atoms with Gasteiger partial charge in [0.2, 0.25) is 0 Å². The quantitative estimate of drug-likeness (QED) is 0.668. The molecule has 0 aliphatic heterocycles. The standard InChI is InChI=1S/C15H18N2O3/c1-10(2)9-11-3-5-12(6-4-11)15(16)13-7-8-14(20-13)17(18)19/h3-8,10,15H,9,16H2,1-2H3. The van der Waals surface area contributed by atoms with Crippen molar-refractivity contribution in [3.63, 3.8) is 0 Å². The van der Waals surface area contributed by atoms with E-state index in [-0.39, 0.29) is 5.88 Å². The van der Waals surface area contributed by atoms with Crippen LogP contribution in [0.1, 0.15) is 36.8 Å². The number of hydrogen-bond donors (Lipinski definition) is 1. The molecule has 5 heteroatoms. The molecule has 0 fully saturated rings. The highest BCUT2D eigenvalue weighted by Crippen LogP contribution is 2.25. The minimum Gasteiger partial charge on any atom is -0.404 e. The Morgan fingerprint density at radius 1 is 1.20 bits per heavy atom. The molecule has 106 valence electrons. The van der Waals surface area contributed by atoms with Crippen LogP contribution in [-0.4, -0.2) is 4.92 Å². The van der Waals surface area contributed by atoms with Crippen LogP contribution in [0.3, 0.4) is 0 Å². The van der Waals surface area contributed by atoms with Crippen molar-refractivity contribution >= 4 is 5.88 Å². The smallest absolute Gasteiger partial charge is 0.404 e. The van der Waals surface area contributed by atoms with Crippen LogP contribution in [0, 0.1) is 16.0 Å². The molecule has 5 nitrogen and oxygen atoms in total. The number of nitro groups is 1. The van der Waals surface area contributed by atoms with Crippen molar-refractivity contribution in [2.45, 2.75) is 26.3 Å². The molecule has 1 atom stereocenters. The van der Waals surface area contributed by atoms with Gasteiger partial charge in [0, 0.05) is 0 Å². The van der Waals surface area contributed by atoms with Crippen molar-refractivity contribution in [2.24, 2.45) is 11.7 Å². The lowest BCUT2D eigenvalue weighted by molar-refractivity contribution is -0.402. The number of hydrogen-bond acceptors (Lipinski definition) is 4. The first-order valence-electron chi connectivity index (χ1n) is 6.56. The van der Waals surface area contributed by atoms with E-state index in [0.29, 0.717) is 11.7 Å². The fourth-order valence-electron chi connectivity index (χ4n) is 2.10. The normalized spacial score (nSPS) is 12.6. The highest BCUT2D eigenvalue weighted by Gasteiger charge is 2.18. The van der Waals surface area contributed by atoms with Crippen LogP contribution in [0.5, 0.6) is 0 Å². The van der Waals surface area contributed by atoms with Gasteiger partial charge in [0.05, 0.1) is 12.1 Å².